The van der Waals surface area contributed by atoms with Crippen molar-refractivity contribution in [3.8, 4) is 11.4 Å². The second kappa shape index (κ2) is 9.30. The summed E-state index contributed by atoms with van der Waals surface area (Å²) in [4.78, 5) is 32.4. The first-order chi connectivity index (χ1) is 17.2. The highest BCUT2D eigenvalue weighted by Crippen LogP contribution is 2.34. The van der Waals surface area contributed by atoms with Crippen LogP contribution in [0.1, 0.15) is 53.4 Å². The predicted octanol–water partition coefficient (Wildman–Crippen LogP) is 6.24. The van der Waals surface area contributed by atoms with Gasteiger partial charge in [-0.3, -0.25) is 14.9 Å². The van der Waals surface area contributed by atoms with Crippen LogP contribution >= 0.6 is 11.3 Å². The Kier molecular flexibility index (Phi) is 6.16. The number of halogens is 3. The third-order valence-electron chi connectivity index (χ3n) is 6.07. The zero-order chi connectivity index (χ0) is 25.4. The molecular weight excluding hydrogens is 497 g/mol. The molecule has 1 aliphatic carbocycles. The summed E-state index contributed by atoms with van der Waals surface area (Å²) in [5.74, 6) is -0.351. The summed E-state index contributed by atoms with van der Waals surface area (Å²) >= 11 is 0.724. The minimum absolute atomic E-state index is 0.107. The Morgan fingerprint density at radius 1 is 1.08 bits per heavy atom. The second-order valence-corrected chi connectivity index (χ2v) is 9.50. The Morgan fingerprint density at radius 2 is 1.81 bits per heavy atom. The van der Waals surface area contributed by atoms with E-state index in [4.69, 9.17) is 0 Å². The SMILES string of the molecule is O=C(Nc1nc(-c2ccc(C(F)(F)F)cc2)nc2c1cnn2C1CCCCC1)c1ccc([N+](=O)[O-])s1. The molecule has 0 bridgehead atoms. The molecule has 0 saturated heterocycles. The number of nitrogens with one attached hydrogen (secondary N) is 1. The van der Waals surface area contributed by atoms with Crippen LogP contribution in [0.3, 0.4) is 0 Å². The van der Waals surface area contributed by atoms with Gasteiger partial charge < -0.3 is 5.32 Å². The molecule has 3 heterocycles. The van der Waals surface area contributed by atoms with Gasteiger partial charge in [0.1, 0.15) is 5.82 Å². The molecule has 0 unspecified atom stereocenters. The lowest BCUT2D eigenvalue weighted by Gasteiger charge is -2.22. The smallest absolute Gasteiger partial charge is 0.305 e. The fourth-order valence-electron chi connectivity index (χ4n) is 4.27. The van der Waals surface area contributed by atoms with Gasteiger partial charge in [0.05, 0.1) is 33.0 Å². The second-order valence-electron chi connectivity index (χ2n) is 8.44. The number of amides is 1. The Hall–Kier alpha value is -3.87. The van der Waals surface area contributed by atoms with E-state index < -0.39 is 22.6 Å². The number of hydrogen-bond donors (Lipinski definition) is 1. The first-order valence-corrected chi connectivity index (χ1v) is 12.0. The maximum absolute atomic E-state index is 13.0. The maximum Gasteiger partial charge on any atom is 0.416 e. The molecule has 9 nitrogen and oxygen atoms in total. The maximum atomic E-state index is 13.0. The zero-order valence-corrected chi connectivity index (χ0v) is 19.5. The molecule has 1 fully saturated rings. The summed E-state index contributed by atoms with van der Waals surface area (Å²) in [6.07, 6.45) is 2.12. The molecule has 4 aromatic rings. The van der Waals surface area contributed by atoms with Crippen molar-refractivity contribution in [3.63, 3.8) is 0 Å². The number of aromatic nitrogens is 4. The molecular formula is C23H19F3N6O3S. The number of anilines is 1. The van der Waals surface area contributed by atoms with E-state index in [0.29, 0.717) is 16.6 Å². The summed E-state index contributed by atoms with van der Waals surface area (Å²) in [7, 11) is 0. The number of rotatable bonds is 5. The number of hydrogen-bond acceptors (Lipinski definition) is 7. The van der Waals surface area contributed by atoms with E-state index in [9.17, 15) is 28.1 Å². The van der Waals surface area contributed by atoms with E-state index >= 15 is 0 Å². The molecule has 1 amide bonds. The lowest BCUT2D eigenvalue weighted by Crippen LogP contribution is -2.16. The molecule has 36 heavy (non-hydrogen) atoms. The Labute approximate surface area is 206 Å². The highest BCUT2D eigenvalue weighted by molar-refractivity contribution is 7.17. The van der Waals surface area contributed by atoms with Gasteiger partial charge in [-0.15, -0.1) is 0 Å². The molecule has 0 spiro atoms. The lowest BCUT2D eigenvalue weighted by atomic mass is 9.96. The molecule has 186 valence electrons. The average molecular weight is 517 g/mol. The van der Waals surface area contributed by atoms with Gasteiger partial charge in [-0.2, -0.15) is 18.3 Å². The van der Waals surface area contributed by atoms with Crippen molar-refractivity contribution in [2.24, 2.45) is 0 Å². The summed E-state index contributed by atoms with van der Waals surface area (Å²) < 4.78 is 40.9. The van der Waals surface area contributed by atoms with Crippen molar-refractivity contribution in [1.82, 2.24) is 19.7 Å². The van der Waals surface area contributed by atoms with E-state index in [1.54, 1.807) is 10.9 Å². The number of alkyl halides is 3. The molecule has 0 aliphatic heterocycles. The van der Waals surface area contributed by atoms with Crippen molar-refractivity contribution in [3.05, 3.63) is 63.1 Å². The fraction of sp³-hybridized carbons (Fsp3) is 0.304. The van der Waals surface area contributed by atoms with Crippen LogP contribution in [-0.4, -0.2) is 30.6 Å². The monoisotopic (exact) mass is 516 g/mol. The number of thiophene rings is 1. The highest BCUT2D eigenvalue weighted by Gasteiger charge is 2.30. The van der Waals surface area contributed by atoms with Crippen LogP contribution in [0, 0.1) is 10.1 Å². The first-order valence-electron chi connectivity index (χ1n) is 11.2. The molecule has 1 aromatic carbocycles. The van der Waals surface area contributed by atoms with E-state index in [1.807, 2.05) is 0 Å². The number of nitro groups is 1. The Bertz CT molecular complexity index is 1440. The molecule has 5 rings (SSSR count). The topological polar surface area (TPSA) is 116 Å². The van der Waals surface area contributed by atoms with Gasteiger partial charge in [0.25, 0.3) is 5.91 Å². The zero-order valence-electron chi connectivity index (χ0n) is 18.7. The van der Waals surface area contributed by atoms with Gasteiger partial charge in [0.15, 0.2) is 11.5 Å². The van der Waals surface area contributed by atoms with Gasteiger partial charge >= 0.3 is 11.2 Å². The molecule has 1 saturated carbocycles. The molecule has 0 radical (unpaired) electrons. The molecule has 1 N–H and O–H groups in total. The van der Waals surface area contributed by atoms with E-state index in [-0.39, 0.29) is 27.6 Å². The highest BCUT2D eigenvalue weighted by atomic mass is 32.1. The third-order valence-corrected chi connectivity index (χ3v) is 7.11. The first kappa shape index (κ1) is 23.9. The van der Waals surface area contributed by atoms with Crippen molar-refractivity contribution in [2.45, 2.75) is 44.3 Å². The molecule has 3 aromatic heterocycles. The third kappa shape index (κ3) is 4.65. The van der Waals surface area contributed by atoms with Crippen molar-refractivity contribution in [2.75, 3.05) is 5.32 Å². The van der Waals surface area contributed by atoms with Crippen LogP contribution in [0.2, 0.25) is 0 Å². The van der Waals surface area contributed by atoms with Gasteiger partial charge in [-0.1, -0.05) is 42.7 Å². The van der Waals surface area contributed by atoms with Crippen LogP contribution in [0.15, 0.2) is 42.6 Å². The van der Waals surface area contributed by atoms with Crippen molar-refractivity contribution >= 4 is 39.1 Å². The quantitative estimate of drug-likeness (QED) is 0.248. The molecule has 1 aliphatic rings. The summed E-state index contributed by atoms with van der Waals surface area (Å²) in [6.45, 7) is 0. The Balaban J connectivity index is 1.57. The Morgan fingerprint density at radius 3 is 2.44 bits per heavy atom. The summed E-state index contributed by atoms with van der Waals surface area (Å²) in [5.41, 5.74) is -0.00444. The van der Waals surface area contributed by atoms with E-state index in [2.05, 4.69) is 20.4 Å². The van der Waals surface area contributed by atoms with E-state index in [1.165, 1.54) is 24.3 Å². The van der Waals surface area contributed by atoms with Crippen molar-refractivity contribution < 1.29 is 22.9 Å². The average Bonchev–Trinajstić information content (AvgIpc) is 3.52. The van der Waals surface area contributed by atoms with Crippen LogP contribution < -0.4 is 5.32 Å². The summed E-state index contributed by atoms with van der Waals surface area (Å²) in [6, 6.07) is 7.14. The van der Waals surface area contributed by atoms with E-state index in [0.717, 1.165) is 55.6 Å². The van der Waals surface area contributed by atoms with Gasteiger partial charge in [-0.25, -0.2) is 14.6 Å². The number of fused-ring (bicyclic) bond motifs is 1. The van der Waals surface area contributed by atoms with Crippen LogP contribution in [0.5, 0.6) is 0 Å². The van der Waals surface area contributed by atoms with Gasteiger partial charge in [-0.05, 0) is 31.0 Å². The summed E-state index contributed by atoms with van der Waals surface area (Å²) in [5, 5.41) is 18.5. The number of nitrogens with zero attached hydrogens (tertiary/aromatic N) is 5. The minimum atomic E-state index is -4.48. The molecule has 13 heteroatoms. The largest absolute Gasteiger partial charge is 0.416 e. The number of carbonyl (C=O) groups is 1. The minimum Gasteiger partial charge on any atom is -0.305 e. The lowest BCUT2D eigenvalue weighted by molar-refractivity contribution is -0.380. The predicted molar refractivity (Wildman–Crippen MR) is 127 cm³/mol. The van der Waals surface area contributed by atoms with Gasteiger partial charge in [0, 0.05) is 11.6 Å². The van der Waals surface area contributed by atoms with Crippen LogP contribution in [-0.2, 0) is 6.18 Å². The van der Waals surface area contributed by atoms with Crippen LogP contribution in [0.4, 0.5) is 24.0 Å². The normalized spacial score (nSPS) is 14.8. The van der Waals surface area contributed by atoms with Crippen LogP contribution in [0.25, 0.3) is 22.4 Å². The number of carbonyl (C=O) groups excluding carboxylic acids is 1. The standard InChI is InChI=1S/C23H19F3N6O3S/c24-23(25,26)14-8-6-13(7-9-14)19-28-20(30-22(33)17-10-11-18(36-17)32(34)35)16-12-27-31(21(16)29-19)15-4-2-1-3-5-15/h6-12,15H,1-5H2,(H,28,29,30,33). The number of benzene rings is 1. The fourth-order valence-corrected chi connectivity index (χ4v) is 4.98. The molecule has 0 atom stereocenters. The van der Waals surface area contributed by atoms with Crippen molar-refractivity contribution in [1.29, 1.82) is 0 Å². The van der Waals surface area contributed by atoms with Gasteiger partial charge in [0.2, 0.25) is 0 Å².